The van der Waals surface area contributed by atoms with E-state index >= 15 is 0 Å². The Hall–Kier alpha value is -2.42. The molecule has 0 amide bonds. The molecule has 0 saturated carbocycles. The van der Waals surface area contributed by atoms with Gasteiger partial charge in [0.15, 0.2) is 5.82 Å². The number of sulfonamides is 1. The molecular weight excluding hydrogens is 369 g/mol. The third-order valence-corrected chi connectivity index (χ3v) is 5.60. The van der Waals surface area contributed by atoms with Gasteiger partial charge < -0.3 is 9.80 Å². The van der Waals surface area contributed by atoms with Crippen molar-refractivity contribution in [3.8, 4) is 0 Å². The number of hydrogen-bond acceptors (Lipinski definition) is 6. The number of piperidine rings is 1. The van der Waals surface area contributed by atoms with Crippen LogP contribution in [0.1, 0.15) is 24.8 Å². The maximum Gasteiger partial charge on any atom is 0.237 e. The fourth-order valence-corrected chi connectivity index (χ4v) is 4.21. The quantitative estimate of drug-likeness (QED) is 0.813. The van der Waals surface area contributed by atoms with Gasteiger partial charge in [-0.1, -0.05) is 12.1 Å². The van der Waals surface area contributed by atoms with Crippen molar-refractivity contribution in [3.63, 3.8) is 0 Å². The monoisotopic (exact) mass is 393 g/mol. The third kappa shape index (κ3) is 5.06. The number of benzene rings is 1. The lowest BCUT2D eigenvalue weighted by atomic mass is 10.1. The Morgan fingerprint density at radius 2 is 1.81 bits per heavy atom. The summed E-state index contributed by atoms with van der Waals surface area (Å²) in [6.45, 7) is 1.81. The highest BCUT2D eigenvalue weighted by molar-refractivity contribution is 7.91. The number of hydrogen-bond donors (Lipinski definition) is 1. The lowest BCUT2D eigenvalue weighted by Crippen LogP contribution is -2.31. The molecule has 7 nitrogen and oxygen atoms in total. The first-order valence-corrected chi connectivity index (χ1v) is 10.5. The van der Waals surface area contributed by atoms with Gasteiger partial charge in [0.25, 0.3) is 0 Å². The Bertz CT molecular complexity index is 881. The summed E-state index contributed by atoms with van der Waals surface area (Å²) in [5, 5.41) is 0. The topological polar surface area (TPSA) is 78.4 Å². The number of rotatable bonds is 6. The van der Waals surface area contributed by atoms with Crippen LogP contribution >= 0.6 is 0 Å². The zero-order valence-electron chi connectivity index (χ0n) is 15.5. The van der Waals surface area contributed by atoms with Crippen molar-refractivity contribution in [2.75, 3.05) is 41.7 Å². The molecule has 1 fully saturated rings. The van der Waals surface area contributed by atoms with E-state index in [0.717, 1.165) is 25.9 Å². The van der Waals surface area contributed by atoms with Crippen molar-refractivity contribution in [1.82, 2.24) is 9.97 Å². The second-order valence-corrected chi connectivity index (χ2v) is 8.56. The lowest BCUT2D eigenvalue weighted by Gasteiger charge is -2.28. The van der Waals surface area contributed by atoms with Gasteiger partial charge in [0.05, 0.1) is 11.9 Å². The van der Waals surface area contributed by atoms with Crippen LogP contribution in [0.15, 0.2) is 30.5 Å². The maximum absolute atomic E-state index is 13.0. The molecule has 1 aromatic heterocycles. The molecule has 1 saturated heterocycles. The number of halogens is 1. The Balaban J connectivity index is 1.81. The van der Waals surface area contributed by atoms with Crippen molar-refractivity contribution < 1.29 is 12.8 Å². The highest BCUT2D eigenvalue weighted by atomic mass is 32.2. The maximum atomic E-state index is 13.0. The molecule has 1 N–H and O–H groups in total. The van der Waals surface area contributed by atoms with E-state index in [2.05, 4.69) is 19.6 Å². The fraction of sp³-hybridized carbons (Fsp3) is 0.444. The molecule has 2 aromatic rings. The molecule has 1 aliphatic rings. The predicted molar refractivity (Wildman–Crippen MR) is 105 cm³/mol. The van der Waals surface area contributed by atoms with E-state index in [1.165, 1.54) is 36.9 Å². The standard InChI is InChI=1S/C18H24FN5O2S/c1-23(2)17-16(12-20-18(21-17)24-10-4-3-5-11-24)22-27(25,26)13-14-6-8-15(19)9-7-14/h6-9,12,22H,3-5,10-11,13H2,1-2H3. The molecule has 0 unspecified atom stereocenters. The van der Waals surface area contributed by atoms with Gasteiger partial charge in [-0.15, -0.1) is 0 Å². The minimum atomic E-state index is -3.69. The van der Waals surface area contributed by atoms with Gasteiger partial charge in [0.1, 0.15) is 11.5 Å². The minimum absolute atomic E-state index is 0.256. The van der Waals surface area contributed by atoms with Crippen LogP contribution in [0, 0.1) is 5.82 Å². The molecule has 9 heteroatoms. The molecule has 2 heterocycles. The van der Waals surface area contributed by atoms with E-state index in [-0.39, 0.29) is 5.75 Å². The first kappa shape index (κ1) is 19.3. The molecule has 146 valence electrons. The van der Waals surface area contributed by atoms with Gasteiger partial charge in [-0.2, -0.15) is 4.98 Å². The highest BCUT2D eigenvalue weighted by Crippen LogP contribution is 2.26. The molecule has 0 aliphatic carbocycles. The van der Waals surface area contributed by atoms with E-state index in [1.807, 2.05) is 0 Å². The molecule has 0 radical (unpaired) electrons. The smallest absolute Gasteiger partial charge is 0.237 e. The molecule has 1 aliphatic heterocycles. The van der Waals surface area contributed by atoms with Crippen LogP contribution in [0.5, 0.6) is 0 Å². The van der Waals surface area contributed by atoms with Crippen LogP contribution < -0.4 is 14.5 Å². The normalized spacial score (nSPS) is 14.9. The van der Waals surface area contributed by atoms with Gasteiger partial charge in [-0.25, -0.2) is 17.8 Å². The first-order valence-electron chi connectivity index (χ1n) is 8.88. The van der Waals surface area contributed by atoms with Gasteiger partial charge in [-0.3, -0.25) is 4.72 Å². The van der Waals surface area contributed by atoms with E-state index in [0.29, 0.717) is 23.0 Å². The summed E-state index contributed by atoms with van der Waals surface area (Å²) >= 11 is 0. The van der Waals surface area contributed by atoms with Crippen LogP contribution in [0.4, 0.5) is 21.8 Å². The lowest BCUT2D eigenvalue weighted by molar-refractivity contribution is 0.568. The molecule has 1 aromatic carbocycles. The second-order valence-electron chi connectivity index (χ2n) is 6.84. The summed E-state index contributed by atoms with van der Waals surface area (Å²) in [6, 6.07) is 5.40. The van der Waals surface area contributed by atoms with Crippen LogP contribution in [-0.2, 0) is 15.8 Å². The van der Waals surface area contributed by atoms with Crippen LogP contribution in [0.2, 0.25) is 0 Å². The van der Waals surface area contributed by atoms with E-state index in [1.54, 1.807) is 19.0 Å². The van der Waals surface area contributed by atoms with Crippen molar-refractivity contribution >= 4 is 27.5 Å². The zero-order valence-corrected chi connectivity index (χ0v) is 16.3. The Morgan fingerprint density at radius 1 is 1.15 bits per heavy atom. The molecule has 0 bridgehead atoms. The summed E-state index contributed by atoms with van der Waals surface area (Å²) in [5.74, 6) is 0.461. The van der Waals surface area contributed by atoms with E-state index in [9.17, 15) is 12.8 Å². The molecule has 0 spiro atoms. The first-order chi connectivity index (χ1) is 12.8. The number of aromatic nitrogens is 2. The van der Waals surface area contributed by atoms with Crippen molar-refractivity contribution in [1.29, 1.82) is 0 Å². The molecule has 0 atom stereocenters. The van der Waals surface area contributed by atoms with Gasteiger partial charge in [0, 0.05) is 27.2 Å². The van der Waals surface area contributed by atoms with Crippen molar-refractivity contribution in [3.05, 3.63) is 41.8 Å². The number of nitrogens with one attached hydrogen (secondary N) is 1. The van der Waals surface area contributed by atoms with Gasteiger partial charge >= 0.3 is 0 Å². The number of anilines is 3. The third-order valence-electron chi connectivity index (χ3n) is 4.35. The summed E-state index contributed by atoms with van der Waals surface area (Å²) in [7, 11) is -0.0757. The Labute approximate surface area is 159 Å². The van der Waals surface area contributed by atoms with Crippen molar-refractivity contribution in [2.45, 2.75) is 25.0 Å². The fourth-order valence-electron chi connectivity index (χ4n) is 3.03. The molecule has 3 rings (SSSR count). The molecular formula is C18H24FN5O2S. The Kier molecular flexibility index (Phi) is 5.79. The van der Waals surface area contributed by atoms with Crippen LogP contribution in [0.3, 0.4) is 0 Å². The van der Waals surface area contributed by atoms with Crippen LogP contribution in [-0.4, -0.2) is 45.6 Å². The number of nitrogens with zero attached hydrogens (tertiary/aromatic N) is 4. The van der Waals surface area contributed by atoms with Crippen LogP contribution in [0.25, 0.3) is 0 Å². The van der Waals surface area contributed by atoms with Gasteiger partial charge in [-0.05, 0) is 37.0 Å². The second kappa shape index (κ2) is 8.08. The van der Waals surface area contributed by atoms with Gasteiger partial charge in [0.2, 0.25) is 16.0 Å². The van der Waals surface area contributed by atoms with E-state index < -0.39 is 15.8 Å². The predicted octanol–water partition coefficient (Wildman–Crippen LogP) is 2.61. The largest absolute Gasteiger partial charge is 0.361 e. The highest BCUT2D eigenvalue weighted by Gasteiger charge is 2.20. The summed E-state index contributed by atoms with van der Waals surface area (Å²) < 4.78 is 40.6. The minimum Gasteiger partial charge on any atom is -0.361 e. The SMILES string of the molecule is CN(C)c1nc(N2CCCCC2)ncc1NS(=O)(=O)Cc1ccc(F)cc1. The average Bonchev–Trinajstić information content (AvgIpc) is 2.64. The summed E-state index contributed by atoms with van der Waals surface area (Å²) in [6.07, 6.45) is 4.92. The summed E-state index contributed by atoms with van der Waals surface area (Å²) in [4.78, 5) is 12.8. The Morgan fingerprint density at radius 3 is 2.44 bits per heavy atom. The van der Waals surface area contributed by atoms with E-state index in [4.69, 9.17) is 0 Å². The molecule has 27 heavy (non-hydrogen) atoms. The van der Waals surface area contributed by atoms with Crippen molar-refractivity contribution in [2.24, 2.45) is 0 Å². The summed E-state index contributed by atoms with van der Waals surface area (Å²) in [5.41, 5.74) is 0.823. The zero-order chi connectivity index (χ0) is 19.4. The average molecular weight is 393 g/mol.